The first kappa shape index (κ1) is 20.3. The number of aromatic nitrogens is 1. The molecule has 0 fully saturated rings. The molecule has 7 nitrogen and oxygen atoms in total. The maximum atomic E-state index is 11.1. The normalized spacial score (nSPS) is 15.2. The molecule has 1 aliphatic rings. The average molecular weight is 446 g/mol. The van der Waals surface area contributed by atoms with Gasteiger partial charge in [0.15, 0.2) is 6.10 Å². The van der Waals surface area contributed by atoms with Crippen LogP contribution in [0.15, 0.2) is 65.7 Å². The van der Waals surface area contributed by atoms with Gasteiger partial charge in [0.2, 0.25) is 5.90 Å². The molecule has 0 N–H and O–H groups in total. The second kappa shape index (κ2) is 8.14. The van der Waals surface area contributed by atoms with Crippen molar-refractivity contribution in [2.45, 2.75) is 19.6 Å². The number of benzene rings is 2. The summed E-state index contributed by atoms with van der Waals surface area (Å²) in [5.74, 6) is 0.421. The van der Waals surface area contributed by atoms with Gasteiger partial charge in [-0.2, -0.15) is 0 Å². The van der Waals surface area contributed by atoms with Gasteiger partial charge in [-0.25, -0.2) is 9.98 Å². The lowest BCUT2D eigenvalue weighted by Gasteiger charge is -2.24. The van der Waals surface area contributed by atoms with Crippen LogP contribution in [0.5, 0.6) is 0 Å². The number of hydrogen-bond donors (Lipinski definition) is 0. The maximum absolute atomic E-state index is 11.1. The van der Waals surface area contributed by atoms with Crippen LogP contribution in [0.3, 0.4) is 0 Å². The molecule has 2 aromatic carbocycles. The molecule has 1 aliphatic heterocycles. The number of nitro groups is 1. The van der Waals surface area contributed by atoms with Crippen molar-refractivity contribution in [3.8, 4) is 0 Å². The lowest BCUT2D eigenvalue weighted by molar-refractivity contribution is -0.384. The Kier molecular flexibility index (Phi) is 5.16. The highest BCUT2D eigenvalue weighted by molar-refractivity contribution is 7.19. The third-order valence-corrected chi connectivity index (χ3v) is 6.40. The molecule has 8 heteroatoms. The van der Waals surface area contributed by atoms with E-state index in [9.17, 15) is 10.1 Å². The van der Waals surface area contributed by atoms with Gasteiger partial charge in [-0.15, -0.1) is 11.3 Å². The molecular weight excluding hydrogens is 426 g/mol. The fourth-order valence-electron chi connectivity index (χ4n) is 3.87. The largest absolute Gasteiger partial charge is 0.463 e. The molecule has 0 unspecified atom stereocenters. The predicted octanol–water partition coefficient (Wildman–Crippen LogP) is 5.86. The summed E-state index contributed by atoms with van der Waals surface area (Å²) < 4.78 is 11.8. The SMILES string of the molecule is COCc1cc(C)nc2sc3c(c12)N=C(c1ccc([N+](=O)[O-])cc1)O[C@H]3c1ccccc1. The van der Waals surface area contributed by atoms with Gasteiger partial charge in [0.25, 0.3) is 5.69 Å². The number of rotatable bonds is 5. The Balaban J connectivity index is 1.73. The molecule has 0 amide bonds. The molecule has 0 saturated carbocycles. The van der Waals surface area contributed by atoms with Gasteiger partial charge in [-0.3, -0.25) is 10.1 Å². The van der Waals surface area contributed by atoms with Crippen LogP contribution in [-0.4, -0.2) is 22.9 Å². The second-order valence-corrected chi connectivity index (χ2v) is 8.51. The first-order chi connectivity index (χ1) is 15.5. The van der Waals surface area contributed by atoms with Crippen LogP contribution in [0.4, 0.5) is 11.4 Å². The van der Waals surface area contributed by atoms with Crippen molar-refractivity contribution in [2.75, 3.05) is 7.11 Å². The van der Waals surface area contributed by atoms with Crippen molar-refractivity contribution in [3.63, 3.8) is 0 Å². The van der Waals surface area contributed by atoms with Crippen LogP contribution in [0, 0.1) is 17.0 Å². The van der Waals surface area contributed by atoms with E-state index in [0.717, 1.165) is 37.6 Å². The highest BCUT2D eigenvalue weighted by atomic mass is 32.1. The summed E-state index contributed by atoms with van der Waals surface area (Å²) in [4.78, 5) is 22.1. The second-order valence-electron chi connectivity index (χ2n) is 7.48. The Bertz CT molecular complexity index is 1350. The fraction of sp³-hybridized carbons (Fsp3) is 0.167. The van der Waals surface area contributed by atoms with Gasteiger partial charge in [0, 0.05) is 35.9 Å². The summed E-state index contributed by atoms with van der Waals surface area (Å²) in [5, 5.41) is 12.0. The number of aliphatic imine (C=N–C) groups is 1. The maximum Gasteiger partial charge on any atom is 0.269 e. The van der Waals surface area contributed by atoms with Crippen molar-refractivity contribution in [2.24, 2.45) is 4.99 Å². The van der Waals surface area contributed by atoms with Crippen molar-refractivity contribution < 1.29 is 14.4 Å². The molecule has 0 aliphatic carbocycles. The lowest BCUT2D eigenvalue weighted by atomic mass is 10.0. The highest BCUT2D eigenvalue weighted by Gasteiger charge is 2.31. The third kappa shape index (κ3) is 3.53. The summed E-state index contributed by atoms with van der Waals surface area (Å²) >= 11 is 1.57. The lowest BCUT2D eigenvalue weighted by Crippen LogP contribution is -2.16. The van der Waals surface area contributed by atoms with Gasteiger partial charge in [-0.05, 0) is 36.2 Å². The number of nitro benzene ring substituents is 1. The van der Waals surface area contributed by atoms with E-state index in [1.165, 1.54) is 12.1 Å². The molecule has 160 valence electrons. The number of thiophene rings is 1. The average Bonchev–Trinajstić information content (AvgIpc) is 3.17. The summed E-state index contributed by atoms with van der Waals surface area (Å²) in [6, 6.07) is 18.2. The van der Waals surface area contributed by atoms with E-state index in [1.807, 2.05) is 43.3 Å². The van der Waals surface area contributed by atoms with E-state index in [1.54, 1.807) is 30.6 Å². The van der Waals surface area contributed by atoms with Gasteiger partial charge in [-0.1, -0.05) is 30.3 Å². The molecule has 0 spiro atoms. The summed E-state index contributed by atoms with van der Waals surface area (Å²) in [6.07, 6.45) is -0.358. The number of ether oxygens (including phenoxy) is 2. The van der Waals surface area contributed by atoms with E-state index in [4.69, 9.17) is 19.5 Å². The van der Waals surface area contributed by atoms with Crippen molar-refractivity contribution in [1.82, 2.24) is 4.98 Å². The summed E-state index contributed by atoms with van der Waals surface area (Å²) in [5.41, 5.74) is 4.45. The Morgan fingerprint density at radius 2 is 1.91 bits per heavy atom. The zero-order chi connectivity index (χ0) is 22.2. The van der Waals surface area contributed by atoms with Crippen LogP contribution in [0.1, 0.15) is 33.4 Å². The van der Waals surface area contributed by atoms with E-state index >= 15 is 0 Å². The molecule has 3 heterocycles. The zero-order valence-electron chi connectivity index (χ0n) is 17.4. The third-order valence-electron chi connectivity index (χ3n) is 5.28. The highest BCUT2D eigenvalue weighted by Crippen LogP contribution is 2.48. The van der Waals surface area contributed by atoms with E-state index in [-0.39, 0.29) is 11.8 Å². The molecule has 4 aromatic rings. The first-order valence-corrected chi connectivity index (χ1v) is 10.8. The minimum absolute atomic E-state index is 0.0218. The standard InChI is InChI=1S/C24H19N3O4S/c1-14-12-17(13-30-2)19-20-22(32-24(19)25-14)21(15-6-4-3-5-7-15)31-23(26-20)16-8-10-18(11-9-16)27(28)29/h3-12,21H,13H2,1-2H3/t21-/m0/s1. The van der Waals surface area contributed by atoms with E-state index in [0.29, 0.717) is 18.1 Å². The molecule has 32 heavy (non-hydrogen) atoms. The number of nitrogens with zero attached hydrogens (tertiary/aromatic N) is 3. The van der Waals surface area contributed by atoms with Crippen LogP contribution in [0.2, 0.25) is 0 Å². The molecule has 0 saturated heterocycles. The summed E-state index contributed by atoms with van der Waals surface area (Å²) in [6.45, 7) is 2.41. The van der Waals surface area contributed by atoms with Crippen LogP contribution < -0.4 is 0 Å². The molecule has 0 radical (unpaired) electrons. The van der Waals surface area contributed by atoms with Crippen molar-refractivity contribution >= 4 is 38.8 Å². The minimum atomic E-state index is -0.421. The fourth-order valence-corrected chi connectivity index (χ4v) is 5.13. The molecule has 5 rings (SSSR count). The molecule has 1 atom stereocenters. The van der Waals surface area contributed by atoms with Crippen LogP contribution >= 0.6 is 11.3 Å². The Hall–Kier alpha value is -3.62. The predicted molar refractivity (Wildman–Crippen MR) is 124 cm³/mol. The first-order valence-electron chi connectivity index (χ1n) is 10.0. The summed E-state index contributed by atoms with van der Waals surface area (Å²) in [7, 11) is 1.67. The van der Waals surface area contributed by atoms with Gasteiger partial charge < -0.3 is 9.47 Å². The molecular formula is C24H19N3O4S. The smallest absolute Gasteiger partial charge is 0.269 e. The number of pyridine rings is 1. The Morgan fingerprint density at radius 1 is 1.16 bits per heavy atom. The van der Waals surface area contributed by atoms with Gasteiger partial charge in [0.1, 0.15) is 4.83 Å². The van der Waals surface area contributed by atoms with E-state index in [2.05, 4.69) is 0 Å². The monoisotopic (exact) mass is 445 g/mol. The van der Waals surface area contributed by atoms with Crippen LogP contribution in [0.25, 0.3) is 10.2 Å². The minimum Gasteiger partial charge on any atom is -0.463 e. The quantitative estimate of drug-likeness (QED) is 0.284. The van der Waals surface area contributed by atoms with Crippen LogP contribution in [-0.2, 0) is 16.1 Å². The van der Waals surface area contributed by atoms with Crippen molar-refractivity contribution in [1.29, 1.82) is 0 Å². The number of methoxy groups -OCH3 is 1. The number of hydrogen-bond acceptors (Lipinski definition) is 7. The number of non-ortho nitro benzene ring substituents is 1. The number of fused-ring (bicyclic) bond motifs is 3. The van der Waals surface area contributed by atoms with Crippen molar-refractivity contribution in [3.05, 3.63) is 98.0 Å². The van der Waals surface area contributed by atoms with E-state index < -0.39 is 4.92 Å². The number of aryl methyl sites for hydroxylation is 1. The topological polar surface area (TPSA) is 86.9 Å². The van der Waals surface area contributed by atoms with Gasteiger partial charge in [0.05, 0.1) is 22.1 Å². The molecule has 2 aromatic heterocycles. The molecule has 0 bridgehead atoms. The van der Waals surface area contributed by atoms with Gasteiger partial charge >= 0.3 is 0 Å². The Morgan fingerprint density at radius 3 is 2.59 bits per heavy atom. The Labute approximate surface area is 188 Å². The zero-order valence-corrected chi connectivity index (χ0v) is 18.3.